The molecule has 0 radical (unpaired) electrons. The van der Waals surface area contributed by atoms with Gasteiger partial charge in [-0.15, -0.1) is 0 Å². The van der Waals surface area contributed by atoms with E-state index in [0.29, 0.717) is 12.0 Å². The minimum atomic E-state index is -1.07. The number of ether oxygens (including phenoxy) is 1. The van der Waals surface area contributed by atoms with Crippen molar-refractivity contribution in [3.05, 3.63) is 45.5 Å². The van der Waals surface area contributed by atoms with Crippen molar-refractivity contribution in [1.82, 2.24) is 0 Å². The predicted octanol–water partition coefficient (Wildman–Crippen LogP) is 2.57. The summed E-state index contributed by atoms with van der Waals surface area (Å²) in [5, 5.41) is 19.5. The maximum atomic E-state index is 10.9. The van der Waals surface area contributed by atoms with E-state index < -0.39 is 10.9 Å². The number of hydrogen-bond donors (Lipinski definition) is 1. The molecule has 0 amide bonds. The first-order valence-corrected chi connectivity index (χ1v) is 5.74. The van der Waals surface area contributed by atoms with Gasteiger partial charge < -0.3 is 9.84 Å². The summed E-state index contributed by atoms with van der Waals surface area (Å²) in [5.74, 6) is -0.933. The summed E-state index contributed by atoms with van der Waals surface area (Å²) >= 11 is 0. The van der Waals surface area contributed by atoms with Gasteiger partial charge in [-0.25, -0.2) is 4.79 Å². The molecule has 0 bridgehead atoms. The summed E-state index contributed by atoms with van der Waals surface area (Å²) in [6, 6.07) is 4.75. The second kappa shape index (κ2) is 6.53. The monoisotopic (exact) mass is 265 g/mol. The second-order valence-corrected chi connectivity index (χ2v) is 4.03. The van der Waals surface area contributed by atoms with Crippen LogP contribution in [0.2, 0.25) is 0 Å². The summed E-state index contributed by atoms with van der Waals surface area (Å²) in [5.41, 5.74) is 1.21. The van der Waals surface area contributed by atoms with Crippen LogP contribution in [0.3, 0.4) is 0 Å². The van der Waals surface area contributed by atoms with Crippen molar-refractivity contribution in [1.29, 1.82) is 0 Å². The van der Waals surface area contributed by atoms with Crippen molar-refractivity contribution >= 4 is 11.7 Å². The number of hydrogen-bond acceptors (Lipinski definition) is 4. The molecule has 0 atom stereocenters. The molecule has 102 valence electrons. The molecule has 0 aliphatic heterocycles. The lowest BCUT2D eigenvalue weighted by atomic mass is 10.1. The fourth-order valence-electron chi connectivity index (χ4n) is 1.49. The summed E-state index contributed by atoms with van der Waals surface area (Å²) in [4.78, 5) is 20.9. The minimum Gasteiger partial charge on any atom is -0.482 e. The normalized spacial score (nSPS) is 11.2. The number of aliphatic carboxylic acids is 1. The van der Waals surface area contributed by atoms with Crippen LogP contribution in [0, 0.1) is 10.1 Å². The lowest BCUT2D eigenvalue weighted by Crippen LogP contribution is -2.03. The van der Waals surface area contributed by atoms with Crippen LogP contribution in [0.25, 0.3) is 0 Å². The van der Waals surface area contributed by atoms with Gasteiger partial charge in [0.25, 0.3) is 0 Å². The van der Waals surface area contributed by atoms with E-state index in [1.165, 1.54) is 12.1 Å². The number of aryl methyl sites for hydroxylation is 1. The number of carbonyl (C=O) groups is 1. The molecule has 0 heterocycles. The zero-order chi connectivity index (χ0) is 14.4. The van der Waals surface area contributed by atoms with Crippen LogP contribution in [0.5, 0.6) is 5.75 Å². The Morgan fingerprint density at radius 1 is 1.53 bits per heavy atom. The topological polar surface area (TPSA) is 89.7 Å². The molecule has 0 aliphatic rings. The molecule has 0 fully saturated rings. The van der Waals surface area contributed by atoms with Crippen LogP contribution in [0.15, 0.2) is 29.8 Å². The molecule has 1 rings (SSSR count). The quantitative estimate of drug-likeness (QED) is 0.485. The third-order valence-electron chi connectivity index (χ3n) is 2.45. The molecule has 1 aromatic rings. The minimum absolute atomic E-state index is 0.00138. The molecule has 0 saturated heterocycles. The molecule has 6 heteroatoms. The largest absolute Gasteiger partial charge is 0.482 e. The van der Waals surface area contributed by atoms with Crippen LogP contribution >= 0.6 is 0 Å². The number of nitro benzene ring substituents is 1. The highest BCUT2D eigenvalue weighted by Gasteiger charge is 2.15. The Morgan fingerprint density at radius 2 is 2.21 bits per heavy atom. The van der Waals surface area contributed by atoms with E-state index in [9.17, 15) is 14.9 Å². The van der Waals surface area contributed by atoms with Gasteiger partial charge in [0.05, 0.1) is 4.92 Å². The lowest BCUT2D eigenvalue weighted by molar-refractivity contribution is -0.385. The number of rotatable bonds is 6. The summed E-state index contributed by atoms with van der Waals surface area (Å²) < 4.78 is 5.29. The highest BCUT2D eigenvalue weighted by Crippen LogP contribution is 2.28. The Balaban J connectivity index is 2.89. The van der Waals surface area contributed by atoms with Crippen molar-refractivity contribution in [2.45, 2.75) is 20.3 Å². The van der Waals surface area contributed by atoms with Gasteiger partial charge in [0, 0.05) is 12.1 Å². The molecule has 6 nitrogen and oxygen atoms in total. The Labute approximate surface area is 110 Å². The van der Waals surface area contributed by atoms with Gasteiger partial charge in [-0.1, -0.05) is 13.0 Å². The van der Waals surface area contributed by atoms with E-state index >= 15 is 0 Å². The van der Waals surface area contributed by atoms with Gasteiger partial charge in [0.2, 0.25) is 0 Å². The van der Waals surface area contributed by atoms with E-state index in [2.05, 4.69) is 0 Å². The Morgan fingerprint density at radius 3 is 2.74 bits per heavy atom. The van der Waals surface area contributed by atoms with Crippen molar-refractivity contribution in [3.63, 3.8) is 0 Å². The van der Waals surface area contributed by atoms with Crippen LogP contribution in [-0.2, 0) is 11.2 Å². The van der Waals surface area contributed by atoms with Crippen LogP contribution in [0.1, 0.15) is 19.4 Å². The smallest absolute Gasteiger partial charge is 0.328 e. The van der Waals surface area contributed by atoms with Crippen LogP contribution < -0.4 is 4.74 Å². The summed E-state index contributed by atoms with van der Waals surface area (Å²) in [6.07, 6.45) is 1.70. The third-order valence-corrected chi connectivity index (χ3v) is 2.45. The Hall–Kier alpha value is -2.37. The van der Waals surface area contributed by atoms with Crippen molar-refractivity contribution < 1.29 is 19.6 Å². The van der Waals surface area contributed by atoms with Gasteiger partial charge in [-0.3, -0.25) is 10.1 Å². The molecule has 0 aliphatic carbocycles. The van der Waals surface area contributed by atoms with E-state index in [1.807, 2.05) is 6.92 Å². The fraction of sp³-hybridized carbons (Fsp3) is 0.308. The first-order valence-electron chi connectivity index (χ1n) is 5.74. The van der Waals surface area contributed by atoms with Crippen molar-refractivity contribution in [2.24, 2.45) is 0 Å². The van der Waals surface area contributed by atoms with Crippen LogP contribution in [-0.4, -0.2) is 22.6 Å². The number of benzene rings is 1. The van der Waals surface area contributed by atoms with E-state index in [1.54, 1.807) is 13.0 Å². The molecule has 19 heavy (non-hydrogen) atoms. The molecule has 1 aromatic carbocycles. The fourth-order valence-corrected chi connectivity index (χ4v) is 1.49. The summed E-state index contributed by atoms with van der Waals surface area (Å²) in [6.45, 7) is 3.48. The van der Waals surface area contributed by atoms with Crippen LogP contribution in [0.4, 0.5) is 5.69 Å². The van der Waals surface area contributed by atoms with E-state index in [-0.39, 0.29) is 18.0 Å². The van der Waals surface area contributed by atoms with E-state index in [4.69, 9.17) is 9.84 Å². The zero-order valence-corrected chi connectivity index (χ0v) is 10.8. The highest BCUT2D eigenvalue weighted by atomic mass is 16.6. The molecule has 0 saturated carbocycles. The van der Waals surface area contributed by atoms with Gasteiger partial charge in [-0.2, -0.15) is 0 Å². The third kappa shape index (κ3) is 4.42. The average Bonchev–Trinajstić information content (AvgIpc) is 2.35. The molecule has 1 N–H and O–H groups in total. The first kappa shape index (κ1) is 14.7. The molecular formula is C13H15NO5. The Bertz CT molecular complexity index is 522. The summed E-state index contributed by atoms with van der Waals surface area (Å²) in [7, 11) is 0. The molecule has 0 aromatic heterocycles. The van der Waals surface area contributed by atoms with Gasteiger partial charge in [-0.05, 0) is 30.5 Å². The maximum absolute atomic E-state index is 10.9. The molecule has 0 unspecified atom stereocenters. The van der Waals surface area contributed by atoms with E-state index in [0.717, 1.165) is 11.6 Å². The maximum Gasteiger partial charge on any atom is 0.328 e. The van der Waals surface area contributed by atoms with Crippen molar-refractivity contribution in [3.8, 4) is 5.75 Å². The number of nitro groups is 1. The van der Waals surface area contributed by atoms with Gasteiger partial charge in [0.15, 0.2) is 5.75 Å². The lowest BCUT2D eigenvalue weighted by Gasteiger charge is -2.07. The Kier molecular flexibility index (Phi) is 5.05. The standard InChI is InChI=1S/C13H15NO5/c1-3-10-4-5-12(11(7-10)14(17)18)19-8-9(2)6-13(15)16/h4-7H,3,8H2,1-2H3,(H,15,16). The first-order chi connectivity index (χ1) is 8.93. The SMILES string of the molecule is CCc1ccc(OCC(C)=CC(=O)O)c([N+](=O)[O-])c1. The number of carboxylic acids is 1. The molecular weight excluding hydrogens is 250 g/mol. The van der Waals surface area contributed by atoms with Gasteiger partial charge in [0.1, 0.15) is 6.61 Å². The number of carboxylic acid groups (broad SMARTS) is 1. The second-order valence-electron chi connectivity index (χ2n) is 4.03. The number of nitrogens with zero attached hydrogens (tertiary/aromatic N) is 1. The average molecular weight is 265 g/mol. The highest BCUT2D eigenvalue weighted by molar-refractivity contribution is 5.80. The van der Waals surface area contributed by atoms with Crippen molar-refractivity contribution in [2.75, 3.05) is 6.61 Å². The van der Waals surface area contributed by atoms with Gasteiger partial charge >= 0.3 is 11.7 Å². The zero-order valence-electron chi connectivity index (χ0n) is 10.8. The molecule has 0 spiro atoms. The predicted molar refractivity (Wildman–Crippen MR) is 69.4 cm³/mol.